The summed E-state index contributed by atoms with van der Waals surface area (Å²) in [4.78, 5) is 0. The SMILES string of the molecule is N[C@@H](c1cccc(-c2ccccc2)c1)C1CCCC1. The van der Waals surface area contributed by atoms with Crippen LogP contribution in [-0.4, -0.2) is 0 Å². The number of rotatable bonds is 3. The highest BCUT2D eigenvalue weighted by atomic mass is 14.7. The molecule has 0 radical (unpaired) electrons. The highest BCUT2D eigenvalue weighted by Crippen LogP contribution is 2.35. The molecule has 0 aromatic heterocycles. The molecule has 0 bridgehead atoms. The van der Waals surface area contributed by atoms with Crippen LogP contribution in [-0.2, 0) is 0 Å². The van der Waals surface area contributed by atoms with Crippen molar-refractivity contribution < 1.29 is 0 Å². The van der Waals surface area contributed by atoms with Gasteiger partial charge in [0.25, 0.3) is 0 Å². The van der Waals surface area contributed by atoms with Crippen molar-refractivity contribution in [3.8, 4) is 11.1 Å². The van der Waals surface area contributed by atoms with Crippen LogP contribution in [0.3, 0.4) is 0 Å². The van der Waals surface area contributed by atoms with Crippen LogP contribution in [0.15, 0.2) is 54.6 Å². The van der Waals surface area contributed by atoms with Gasteiger partial charge in [0, 0.05) is 6.04 Å². The third-order valence-corrected chi connectivity index (χ3v) is 4.29. The molecule has 3 rings (SSSR count). The molecule has 0 spiro atoms. The van der Waals surface area contributed by atoms with Crippen molar-refractivity contribution in [2.24, 2.45) is 11.7 Å². The summed E-state index contributed by atoms with van der Waals surface area (Å²) < 4.78 is 0. The Kier molecular flexibility index (Phi) is 3.65. The first-order valence-electron chi connectivity index (χ1n) is 7.25. The van der Waals surface area contributed by atoms with Crippen molar-refractivity contribution in [1.29, 1.82) is 0 Å². The van der Waals surface area contributed by atoms with Gasteiger partial charge >= 0.3 is 0 Å². The van der Waals surface area contributed by atoms with E-state index in [1.165, 1.54) is 42.4 Å². The summed E-state index contributed by atoms with van der Waals surface area (Å²) in [6.45, 7) is 0. The normalized spacial score (nSPS) is 17.5. The highest BCUT2D eigenvalue weighted by Gasteiger charge is 2.23. The zero-order valence-corrected chi connectivity index (χ0v) is 11.3. The van der Waals surface area contributed by atoms with Gasteiger partial charge in [-0.05, 0) is 41.5 Å². The van der Waals surface area contributed by atoms with Gasteiger partial charge in [-0.25, -0.2) is 0 Å². The number of hydrogen-bond acceptors (Lipinski definition) is 1. The molecule has 0 heterocycles. The quantitative estimate of drug-likeness (QED) is 0.851. The van der Waals surface area contributed by atoms with Crippen LogP contribution in [0.25, 0.3) is 11.1 Å². The minimum absolute atomic E-state index is 0.200. The van der Waals surface area contributed by atoms with E-state index in [2.05, 4.69) is 54.6 Å². The van der Waals surface area contributed by atoms with Gasteiger partial charge in [-0.15, -0.1) is 0 Å². The number of nitrogens with two attached hydrogens (primary N) is 1. The predicted octanol–water partition coefficient (Wildman–Crippen LogP) is 4.54. The van der Waals surface area contributed by atoms with E-state index in [0.29, 0.717) is 5.92 Å². The fourth-order valence-corrected chi connectivity index (χ4v) is 3.14. The van der Waals surface area contributed by atoms with Crippen LogP contribution in [0.4, 0.5) is 0 Å². The molecule has 0 aliphatic heterocycles. The molecule has 1 aliphatic rings. The second-order valence-corrected chi connectivity index (χ2v) is 5.56. The summed E-state index contributed by atoms with van der Waals surface area (Å²) >= 11 is 0. The van der Waals surface area contributed by atoms with E-state index < -0.39 is 0 Å². The van der Waals surface area contributed by atoms with Crippen molar-refractivity contribution in [3.63, 3.8) is 0 Å². The lowest BCUT2D eigenvalue weighted by atomic mass is 9.90. The van der Waals surface area contributed by atoms with Crippen LogP contribution < -0.4 is 5.73 Å². The fraction of sp³-hybridized carbons (Fsp3) is 0.333. The Hall–Kier alpha value is -1.60. The summed E-state index contributed by atoms with van der Waals surface area (Å²) in [5.74, 6) is 0.672. The Labute approximate surface area is 115 Å². The van der Waals surface area contributed by atoms with Gasteiger partial charge in [-0.2, -0.15) is 0 Å². The largest absolute Gasteiger partial charge is 0.324 e. The standard InChI is InChI=1S/C18H21N/c19-18(15-9-4-5-10-15)17-12-6-11-16(13-17)14-7-2-1-3-8-14/h1-3,6-8,11-13,15,18H,4-5,9-10,19H2/t18-/m1/s1. The van der Waals surface area contributed by atoms with E-state index in [1.807, 2.05) is 0 Å². The first-order valence-corrected chi connectivity index (χ1v) is 7.25. The molecule has 1 heteroatoms. The van der Waals surface area contributed by atoms with Gasteiger partial charge < -0.3 is 5.73 Å². The first kappa shape index (κ1) is 12.4. The average Bonchev–Trinajstić information content (AvgIpc) is 3.02. The summed E-state index contributed by atoms with van der Waals surface area (Å²) in [5, 5.41) is 0. The zero-order valence-electron chi connectivity index (χ0n) is 11.3. The lowest BCUT2D eigenvalue weighted by molar-refractivity contribution is 0.445. The van der Waals surface area contributed by atoms with Gasteiger partial charge in [-0.3, -0.25) is 0 Å². The molecule has 98 valence electrons. The van der Waals surface area contributed by atoms with Gasteiger partial charge in [0.2, 0.25) is 0 Å². The molecule has 0 amide bonds. The van der Waals surface area contributed by atoms with E-state index in [1.54, 1.807) is 0 Å². The molecule has 2 aromatic carbocycles. The molecular formula is C18H21N. The van der Waals surface area contributed by atoms with Crippen molar-refractivity contribution in [1.82, 2.24) is 0 Å². The van der Waals surface area contributed by atoms with Gasteiger partial charge in [0.1, 0.15) is 0 Å². The lowest BCUT2D eigenvalue weighted by Crippen LogP contribution is -2.19. The maximum atomic E-state index is 6.45. The van der Waals surface area contributed by atoms with Crippen molar-refractivity contribution in [2.75, 3.05) is 0 Å². The van der Waals surface area contributed by atoms with Crippen LogP contribution in [0.1, 0.15) is 37.3 Å². The van der Waals surface area contributed by atoms with E-state index >= 15 is 0 Å². The van der Waals surface area contributed by atoms with Crippen LogP contribution >= 0.6 is 0 Å². The topological polar surface area (TPSA) is 26.0 Å². The van der Waals surface area contributed by atoms with Crippen molar-refractivity contribution in [2.45, 2.75) is 31.7 Å². The van der Waals surface area contributed by atoms with Crippen molar-refractivity contribution >= 4 is 0 Å². The Morgan fingerprint density at radius 2 is 1.53 bits per heavy atom. The minimum Gasteiger partial charge on any atom is -0.324 e. The van der Waals surface area contributed by atoms with Gasteiger partial charge in [0.05, 0.1) is 0 Å². The minimum atomic E-state index is 0.200. The zero-order chi connectivity index (χ0) is 13.1. The Balaban J connectivity index is 1.87. The van der Waals surface area contributed by atoms with Crippen molar-refractivity contribution in [3.05, 3.63) is 60.2 Å². The lowest BCUT2D eigenvalue weighted by Gasteiger charge is -2.20. The molecule has 0 saturated heterocycles. The van der Waals surface area contributed by atoms with Gasteiger partial charge in [-0.1, -0.05) is 61.4 Å². The molecule has 1 aliphatic carbocycles. The van der Waals surface area contributed by atoms with E-state index in [9.17, 15) is 0 Å². The van der Waals surface area contributed by atoms with Gasteiger partial charge in [0.15, 0.2) is 0 Å². The maximum absolute atomic E-state index is 6.45. The van der Waals surface area contributed by atoms with E-state index in [0.717, 1.165) is 0 Å². The molecule has 1 nitrogen and oxygen atoms in total. The Bertz CT molecular complexity index is 526. The molecule has 1 fully saturated rings. The molecule has 1 saturated carbocycles. The molecular weight excluding hydrogens is 230 g/mol. The van der Waals surface area contributed by atoms with Crippen LogP contribution in [0, 0.1) is 5.92 Å². The van der Waals surface area contributed by atoms with E-state index in [-0.39, 0.29) is 6.04 Å². The molecule has 2 aromatic rings. The fourth-order valence-electron chi connectivity index (χ4n) is 3.14. The third-order valence-electron chi connectivity index (χ3n) is 4.29. The van der Waals surface area contributed by atoms with E-state index in [4.69, 9.17) is 5.73 Å². The monoisotopic (exact) mass is 251 g/mol. The highest BCUT2D eigenvalue weighted by molar-refractivity contribution is 5.64. The number of benzene rings is 2. The Morgan fingerprint density at radius 3 is 2.26 bits per heavy atom. The summed E-state index contributed by atoms with van der Waals surface area (Å²) in [5.41, 5.74) is 10.3. The Morgan fingerprint density at radius 1 is 0.842 bits per heavy atom. The molecule has 0 unspecified atom stereocenters. The predicted molar refractivity (Wildman–Crippen MR) is 80.8 cm³/mol. The smallest absolute Gasteiger partial charge is 0.0323 e. The average molecular weight is 251 g/mol. The first-order chi connectivity index (χ1) is 9.34. The summed E-state index contributed by atoms with van der Waals surface area (Å²) in [7, 11) is 0. The maximum Gasteiger partial charge on any atom is 0.0323 e. The summed E-state index contributed by atoms with van der Waals surface area (Å²) in [6, 6.07) is 19.5. The molecule has 1 atom stereocenters. The second kappa shape index (κ2) is 5.58. The molecule has 19 heavy (non-hydrogen) atoms. The third kappa shape index (κ3) is 2.71. The van der Waals surface area contributed by atoms with Crippen LogP contribution in [0.5, 0.6) is 0 Å². The number of hydrogen-bond donors (Lipinski definition) is 1. The molecule has 2 N–H and O–H groups in total. The summed E-state index contributed by atoms with van der Waals surface area (Å²) in [6.07, 6.45) is 5.26. The second-order valence-electron chi connectivity index (χ2n) is 5.56. The van der Waals surface area contributed by atoms with Crippen LogP contribution in [0.2, 0.25) is 0 Å².